The first kappa shape index (κ1) is 21.4. The smallest absolute Gasteiger partial charge is 0.324 e. The molecule has 2 heterocycles. The van der Waals surface area contributed by atoms with E-state index in [1.807, 2.05) is 0 Å². The molecule has 6 nitrogen and oxygen atoms in total. The van der Waals surface area contributed by atoms with Crippen molar-refractivity contribution in [2.24, 2.45) is 0 Å². The molecule has 2 atom stereocenters. The van der Waals surface area contributed by atoms with Gasteiger partial charge in [0.25, 0.3) is 0 Å². The summed E-state index contributed by atoms with van der Waals surface area (Å²) in [6.45, 7) is 1.72. The summed E-state index contributed by atoms with van der Waals surface area (Å²) in [4.78, 5) is 13.1. The standard InChI is InChI=1S/C19H14ClF4N5OS/c1-9-26-27-18-29(9)28-15(10-2-5-12(21)6-3-10)16(31-18)17(30)25-14-8-11(19(22,23)24)4-7-13(14)20/h2-8,15-16,28H,1H3,(H,25,30)/t15-,16+/m0/s1. The molecular weight excluding hydrogens is 458 g/mol. The zero-order valence-electron chi connectivity index (χ0n) is 15.7. The quantitative estimate of drug-likeness (QED) is 0.537. The van der Waals surface area contributed by atoms with Gasteiger partial charge in [-0.1, -0.05) is 35.5 Å². The van der Waals surface area contributed by atoms with E-state index in [2.05, 4.69) is 20.9 Å². The van der Waals surface area contributed by atoms with Gasteiger partial charge in [0.05, 0.1) is 22.3 Å². The van der Waals surface area contributed by atoms with E-state index in [1.54, 1.807) is 11.6 Å². The lowest BCUT2D eigenvalue weighted by Crippen LogP contribution is -2.41. The first-order valence-corrected chi connectivity index (χ1v) is 10.2. The minimum absolute atomic E-state index is 0.0348. The number of aryl methyl sites for hydroxylation is 1. The second-order valence-electron chi connectivity index (χ2n) is 6.74. The molecule has 2 N–H and O–H groups in total. The fourth-order valence-electron chi connectivity index (χ4n) is 3.08. The predicted molar refractivity (Wildman–Crippen MR) is 108 cm³/mol. The number of thioether (sulfide) groups is 1. The Bertz CT molecular complexity index is 1140. The Balaban J connectivity index is 1.67. The molecule has 0 aliphatic carbocycles. The number of rotatable bonds is 3. The summed E-state index contributed by atoms with van der Waals surface area (Å²) in [5, 5.41) is 9.96. The third kappa shape index (κ3) is 4.33. The fourth-order valence-corrected chi connectivity index (χ4v) is 4.37. The second kappa shape index (κ2) is 8.04. The molecule has 0 bridgehead atoms. The van der Waals surface area contributed by atoms with Gasteiger partial charge in [-0.05, 0) is 42.8 Å². The van der Waals surface area contributed by atoms with Crippen molar-refractivity contribution in [1.29, 1.82) is 0 Å². The van der Waals surface area contributed by atoms with Crippen LogP contribution in [0.4, 0.5) is 23.2 Å². The van der Waals surface area contributed by atoms with Crippen molar-refractivity contribution < 1.29 is 22.4 Å². The molecule has 2 aromatic carbocycles. The maximum atomic E-state index is 13.4. The van der Waals surface area contributed by atoms with E-state index >= 15 is 0 Å². The first-order chi connectivity index (χ1) is 14.6. The maximum absolute atomic E-state index is 13.4. The van der Waals surface area contributed by atoms with E-state index in [0.717, 1.165) is 30.0 Å². The number of halogens is 5. The monoisotopic (exact) mass is 471 g/mol. The van der Waals surface area contributed by atoms with Crippen LogP contribution >= 0.6 is 23.4 Å². The normalized spacial score (nSPS) is 18.3. The van der Waals surface area contributed by atoms with Crippen molar-refractivity contribution in [3.8, 4) is 0 Å². The molecule has 3 aromatic rings. The van der Waals surface area contributed by atoms with Gasteiger partial charge in [0.2, 0.25) is 11.1 Å². The van der Waals surface area contributed by atoms with Crippen LogP contribution in [-0.4, -0.2) is 26.0 Å². The molecule has 31 heavy (non-hydrogen) atoms. The van der Waals surface area contributed by atoms with E-state index in [-0.39, 0.29) is 10.7 Å². The maximum Gasteiger partial charge on any atom is 0.416 e. The van der Waals surface area contributed by atoms with E-state index in [4.69, 9.17) is 11.6 Å². The SMILES string of the molecule is Cc1nnc2n1N[C@@H](c1ccc(F)cc1)[C@H](C(=O)Nc1cc(C(F)(F)F)ccc1Cl)S2. The van der Waals surface area contributed by atoms with Crippen molar-refractivity contribution in [3.05, 3.63) is 70.3 Å². The molecule has 12 heteroatoms. The summed E-state index contributed by atoms with van der Waals surface area (Å²) in [6, 6.07) is 7.61. The zero-order chi connectivity index (χ0) is 22.3. The minimum Gasteiger partial charge on any atom is -0.324 e. The Labute approximate surface area is 183 Å². The van der Waals surface area contributed by atoms with Crippen molar-refractivity contribution >= 4 is 35.0 Å². The highest BCUT2D eigenvalue weighted by molar-refractivity contribution is 8.00. The van der Waals surface area contributed by atoms with Gasteiger partial charge in [-0.3, -0.25) is 4.79 Å². The number of nitrogens with zero attached hydrogens (tertiary/aromatic N) is 3. The summed E-state index contributed by atoms with van der Waals surface area (Å²) >= 11 is 7.10. The molecule has 0 radical (unpaired) electrons. The van der Waals surface area contributed by atoms with E-state index in [0.29, 0.717) is 16.5 Å². The molecule has 4 rings (SSSR count). The van der Waals surface area contributed by atoms with Gasteiger partial charge in [-0.15, -0.1) is 10.2 Å². The third-order valence-corrected chi connectivity index (χ3v) is 6.18. The molecule has 0 unspecified atom stereocenters. The van der Waals surface area contributed by atoms with Gasteiger partial charge >= 0.3 is 6.18 Å². The van der Waals surface area contributed by atoms with Crippen LogP contribution < -0.4 is 10.7 Å². The van der Waals surface area contributed by atoms with Crippen LogP contribution in [0.25, 0.3) is 0 Å². The molecule has 0 saturated carbocycles. The van der Waals surface area contributed by atoms with Crippen LogP contribution in [0.15, 0.2) is 47.6 Å². The van der Waals surface area contributed by atoms with Crippen LogP contribution in [0.3, 0.4) is 0 Å². The number of hydrogen-bond acceptors (Lipinski definition) is 5. The number of fused-ring (bicyclic) bond motifs is 1. The topological polar surface area (TPSA) is 71.8 Å². The Morgan fingerprint density at radius 3 is 2.58 bits per heavy atom. The van der Waals surface area contributed by atoms with E-state index in [9.17, 15) is 22.4 Å². The second-order valence-corrected chi connectivity index (χ2v) is 8.26. The van der Waals surface area contributed by atoms with Gasteiger partial charge < -0.3 is 10.7 Å². The third-order valence-electron chi connectivity index (χ3n) is 4.64. The summed E-state index contributed by atoms with van der Waals surface area (Å²) in [7, 11) is 0. The van der Waals surface area contributed by atoms with Crippen molar-refractivity contribution in [2.45, 2.75) is 29.5 Å². The number of benzene rings is 2. The number of nitrogens with one attached hydrogen (secondary N) is 2. The van der Waals surface area contributed by atoms with Crippen LogP contribution in [-0.2, 0) is 11.0 Å². The highest BCUT2D eigenvalue weighted by Crippen LogP contribution is 2.39. The average molecular weight is 472 g/mol. The largest absolute Gasteiger partial charge is 0.416 e. The highest BCUT2D eigenvalue weighted by Gasteiger charge is 2.38. The Kier molecular flexibility index (Phi) is 5.56. The summed E-state index contributed by atoms with van der Waals surface area (Å²) in [5.74, 6) is -0.487. The number of amides is 1. The predicted octanol–water partition coefficient (Wildman–Crippen LogP) is 4.80. The van der Waals surface area contributed by atoms with Gasteiger partial charge in [-0.2, -0.15) is 13.2 Å². The fraction of sp³-hybridized carbons (Fsp3) is 0.211. The van der Waals surface area contributed by atoms with Crippen LogP contribution in [0.1, 0.15) is 23.0 Å². The van der Waals surface area contributed by atoms with Gasteiger partial charge in [0.1, 0.15) is 16.9 Å². The zero-order valence-corrected chi connectivity index (χ0v) is 17.3. The number of alkyl halides is 3. The number of hydrogen-bond donors (Lipinski definition) is 2. The van der Waals surface area contributed by atoms with Crippen LogP contribution in [0.2, 0.25) is 5.02 Å². The van der Waals surface area contributed by atoms with Crippen LogP contribution in [0.5, 0.6) is 0 Å². The highest BCUT2D eigenvalue weighted by atomic mass is 35.5. The molecular formula is C19H14ClF4N5OS. The van der Waals surface area contributed by atoms with Gasteiger partial charge in [-0.25, -0.2) is 9.07 Å². The summed E-state index contributed by atoms with van der Waals surface area (Å²) < 4.78 is 54.2. The number of aromatic nitrogens is 3. The van der Waals surface area contributed by atoms with Gasteiger partial charge in [0.15, 0.2) is 0 Å². The number of carbonyl (C=O) groups is 1. The first-order valence-electron chi connectivity index (χ1n) is 8.92. The van der Waals surface area contributed by atoms with Crippen molar-refractivity contribution in [1.82, 2.24) is 14.9 Å². The lowest BCUT2D eigenvalue weighted by Gasteiger charge is -2.32. The Morgan fingerprint density at radius 1 is 1.19 bits per heavy atom. The minimum atomic E-state index is -4.59. The van der Waals surface area contributed by atoms with E-state index in [1.165, 1.54) is 24.3 Å². The molecule has 1 aliphatic heterocycles. The molecule has 0 fully saturated rings. The molecule has 0 saturated heterocycles. The molecule has 1 aliphatic rings. The summed E-state index contributed by atoms with van der Waals surface area (Å²) in [6.07, 6.45) is -4.59. The van der Waals surface area contributed by atoms with Crippen molar-refractivity contribution in [2.75, 3.05) is 10.7 Å². The van der Waals surface area contributed by atoms with Crippen LogP contribution in [0, 0.1) is 12.7 Å². The lowest BCUT2D eigenvalue weighted by atomic mass is 10.0. The van der Waals surface area contributed by atoms with Crippen molar-refractivity contribution in [3.63, 3.8) is 0 Å². The average Bonchev–Trinajstić information content (AvgIpc) is 3.08. The Morgan fingerprint density at radius 2 is 1.90 bits per heavy atom. The van der Waals surface area contributed by atoms with Gasteiger partial charge in [0, 0.05) is 0 Å². The number of carbonyl (C=O) groups excluding carboxylic acids is 1. The Hall–Kier alpha value is -2.79. The number of anilines is 1. The molecule has 1 aromatic heterocycles. The van der Waals surface area contributed by atoms with E-state index < -0.39 is 34.8 Å². The lowest BCUT2D eigenvalue weighted by molar-refractivity contribution is -0.137. The summed E-state index contributed by atoms with van der Waals surface area (Å²) in [5.41, 5.74) is 2.62. The molecule has 1 amide bonds. The molecule has 162 valence electrons. The molecule has 0 spiro atoms.